The molecule has 0 saturated heterocycles. The number of carbonyl (C=O) groups is 5. The van der Waals surface area contributed by atoms with Crippen molar-refractivity contribution in [3.8, 4) is 31.7 Å². The van der Waals surface area contributed by atoms with Gasteiger partial charge in [0.15, 0.2) is 14.8 Å². The molecule has 0 bridgehead atoms. The van der Waals surface area contributed by atoms with Gasteiger partial charge in [-0.3, -0.25) is 33.7 Å². The van der Waals surface area contributed by atoms with Crippen LogP contribution in [0.3, 0.4) is 0 Å². The van der Waals surface area contributed by atoms with Crippen molar-refractivity contribution in [2.75, 3.05) is 16.4 Å². The summed E-state index contributed by atoms with van der Waals surface area (Å²) in [5.74, 6) is -0.382. The Bertz CT molecular complexity index is 5890. The molecule has 711 valence electrons. The third-order valence-electron chi connectivity index (χ3n) is 16.2. The summed E-state index contributed by atoms with van der Waals surface area (Å²) in [7, 11) is 0. The molecule has 1 unspecified atom stereocenters. The van der Waals surface area contributed by atoms with E-state index in [9.17, 15) is 19.2 Å². The summed E-state index contributed by atoms with van der Waals surface area (Å²) in [4.78, 5) is 87.8. The normalized spacial score (nSPS) is 10.3. The second kappa shape index (κ2) is 67.7. The topological polar surface area (TPSA) is 252 Å². The molecule has 17 nitrogen and oxygen atoms in total. The fraction of sp³-hybridized carbons (Fsp3) is 0.183. The van der Waals surface area contributed by atoms with Crippen molar-refractivity contribution >= 4 is 330 Å². The van der Waals surface area contributed by atoms with Gasteiger partial charge in [0.05, 0.1) is 68.9 Å². The molecular formula is C93H86Br11Cl7CuN10O7S4. The number of H-pyrrole nitrogens is 1. The quantitative estimate of drug-likeness (QED) is 0.0503. The molecule has 0 amide bonds. The number of ether oxygens (including phenoxy) is 1. The van der Waals surface area contributed by atoms with Crippen LogP contribution < -0.4 is 5.73 Å². The van der Waals surface area contributed by atoms with Crippen molar-refractivity contribution in [2.24, 2.45) is 0 Å². The van der Waals surface area contributed by atoms with Crippen molar-refractivity contribution < 1.29 is 45.2 Å². The van der Waals surface area contributed by atoms with Crippen LogP contribution >= 0.6 is 296 Å². The number of pyridine rings is 2. The number of halogens is 18. The molecule has 40 heteroatoms. The number of anilines is 1. The first kappa shape index (κ1) is 123. The first-order chi connectivity index (χ1) is 62.5. The van der Waals surface area contributed by atoms with Gasteiger partial charge in [0.2, 0.25) is 0 Å². The average Bonchev–Trinajstić information content (AvgIpc) is 1.64. The minimum atomic E-state index is -0.833. The molecule has 15 rings (SSSR count). The summed E-state index contributed by atoms with van der Waals surface area (Å²) in [6, 6.07) is 64.7. The number of ketones is 3. The molecule has 0 spiro atoms. The Balaban J connectivity index is 0.000000390. The minimum absolute atomic E-state index is 0. The zero-order valence-electron chi connectivity index (χ0n) is 70.3. The number of nitrogens with zero attached hydrogens (tertiary/aromatic N) is 8. The van der Waals surface area contributed by atoms with E-state index in [-0.39, 0.29) is 52.7 Å². The Morgan fingerprint density at radius 1 is 0.526 bits per heavy atom. The van der Waals surface area contributed by atoms with Crippen molar-refractivity contribution in [3.05, 3.63) is 369 Å². The number of thiazole rings is 4. The van der Waals surface area contributed by atoms with E-state index in [0.717, 1.165) is 141 Å². The number of alkyl halides is 3. The number of carbonyl (C=O) groups excluding carboxylic acids is 4. The number of aromatic nitrogens is 9. The van der Waals surface area contributed by atoms with Gasteiger partial charge in [-0.2, -0.15) is 0 Å². The number of nitrogens with two attached hydrogens (primary N) is 1. The van der Waals surface area contributed by atoms with E-state index in [1.807, 2.05) is 209 Å². The molecule has 8 aromatic heterocycles. The van der Waals surface area contributed by atoms with Crippen LogP contribution in [0, 0.1) is 6.92 Å². The second-order valence-corrected chi connectivity index (χ2v) is 45.2. The van der Waals surface area contributed by atoms with E-state index in [2.05, 4.69) is 182 Å². The third-order valence-corrected chi connectivity index (χ3v) is 26.3. The molecule has 0 aliphatic rings. The molecule has 0 aliphatic carbocycles. The Morgan fingerprint density at radius 2 is 0.902 bits per heavy atom. The van der Waals surface area contributed by atoms with E-state index < -0.39 is 11.6 Å². The van der Waals surface area contributed by atoms with Gasteiger partial charge in [0, 0.05) is 162 Å². The Kier molecular flexibility index (Phi) is 62.4. The zero-order valence-corrected chi connectivity index (χ0v) is 97.4. The first-order valence-corrected chi connectivity index (χ1v) is 57.9. The van der Waals surface area contributed by atoms with Crippen LogP contribution in [0.5, 0.6) is 0 Å². The summed E-state index contributed by atoms with van der Waals surface area (Å²) in [6.07, 6.45) is 16.2. The van der Waals surface area contributed by atoms with Gasteiger partial charge >= 0.3 is 45.7 Å². The predicted molar refractivity (Wildman–Crippen MR) is 596 cm³/mol. The number of Topliss-reactive ketones (excluding diaryl/α,β-unsaturated/α-hetero) is 3. The number of carboxylic acids is 1. The van der Waals surface area contributed by atoms with Gasteiger partial charge in [-0.05, 0) is 243 Å². The standard InChI is InChI=1S/C18H13ClN4S.C15H10BrClN2S.C10H6Br2ClNS.C10H9ClN2S.C10H15NO2.C9H7Br2ClO.C9H8BrClO.C9H9ClO.C2H4O2.CH4.Br2.3BrH.Cu/c19-14-3-1-12(2-4-14)9-15-17(16-10-21-11-22-16)24-18(23-15)13-5-7-20-8-6-13;16-14-13(9-10-1-3-12(17)4-2-10)19-15(20-14)11-5-7-18-8-6-11;11-9-8(14-10(12)15-9)5-6-1-3-7(13)4-2-6;11-8-3-1-7(2-4-8)5-9-6-14-10(12)13-9;1-8-6-5-7-11(8)9(12)13-10(2,3)4;10-5-8(13)9(11)6-1-3-7(12)4-2-6;10-6-9(12)5-7-1-3-8(11)4-2-7;1-7(11)6-8-2-4-9(10)5-3-8;1-2(3)4;;1-2;;;;/h1-8,10-11H,9H2,(H,21,22);1-8H,9H2;1-4H,5H2;1-4,6H,5H2,(H2,12,13);5-7H,1-4H3;1-4,9H,5H2;1-4H,5-6H2;2-5H,6H2,1H3;1H3,(H,3,4);1H4;;3*1H;/q;;;;;;;;;;;;;;+2/p-2. The van der Waals surface area contributed by atoms with Crippen LogP contribution in [0.25, 0.3) is 31.7 Å². The van der Waals surface area contributed by atoms with Crippen LogP contribution in [-0.4, -0.2) is 95.2 Å². The van der Waals surface area contributed by atoms with Crippen molar-refractivity contribution in [1.82, 2.24) is 44.4 Å². The van der Waals surface area contributed by atoms with Crippen molar-refractivity contribution in [1.29, 1.82) is 0 Å². The third kappa shape index (κ3) is 49.9. The molecule has 1 atom stereocenters. The molecule has 0 radical (unpaired) electrons. The molecule has 7 aromatic carbocycles. The van der Waals surface area contributed by atoms with Crippen LogP contribution in [0.1, 0.15) is 114 Å². The second-order valence-electron chi connectivity index (χ2n) is 27.6. The molecule has 0 aliphatic heterocycles. The van der Waals surface area contributed by atoms with Gasteiger partial charge in [0.1, 0.15) is 27.2 Å². The number of nitrogens with one attached hydrogen (secondary N) is 1. The molecule has 0 saturated carbocycles. The first-order valence-electron chi connectivity index (χ1n) is 38.0. The number of aliphatic carboxylic acids is 1. The van der Waals surface area contributed by atoms with E-state index >= 15 is 0 Å². The number of hydrogen-bond donors (Lipinski definition) is 3. The van der Waals surface area contributed by atoms with Crippen molar-refractivity contribution in [3.63, 3.8) is 0 Å². The number of rotatable bonds is 19. The number of carboxylic acid groups (broad SMARTS) is 1. The molecule has 4 N–H and O–H groups in total. The van der Waals surface area contributed by atoms with Crippen LogP contribution in [0.2, 0.25) is 35.2 Å². The Morgan fingerprint density at radius 3 is 1.26 bits per heavy atom. The Hall–Kier alpha value is -4.57. The van der Waals surface area contributed by atoms with E-state index in [1.165, 1.54) is 49.5 Å². The number of nitrogen functional groups attached to an aromatic ring is 1. The maximum atomic E-state index is 11.5. The molecule has 8 heterocycles. The summed E-state index contributed by atoms with van der Waals surface area (Å²) in [5.41, 5.74) is 21.0. The van der Waals surface area contributed by atoms with E-state index in [1.54, 1.807) is 115 Å². The van der Waals surface area contributed by atoms with Gasteiger partial charge in [-0.15, -0.1) is 51.0 Å². The monoisotopic (exact) mass is 2760 g/mol. The Labute approximate surface area is 922 Å². The molecule has 0 fully saturated rings. The molecular weight excluding hydrogens is 2690 g/mol. The number of benzene rings is 7. The molecule has 133 heavy (non-hydrogen) atoms. The van der Waals surface area contributed by atoms with Gasteiger partial charge in [0.25, 0.3) is 5.97 Å². The molecule has 15 aromatic rings. The van der Waals surface area contributed by atoms with Crippen LogP contribution in [0.15, 0.2) is 267 Å². The fourth-order valence-electron chi connectivity index (χ4n) is 10.4. The van der Waals surface area contributed by atoms with Gasteiger partial charge < -0.3 is 20.6 Å². The zero-order chi connectivity index (χ0) is 96.5. The van der Waals surface area contributed by atoms with Crippen LogP contribution in [-0.2, 0) is 73.8 Å². The van der Waals surface area contributed by atoms with E-state index in [4.69, 9.17) is 112 Å². The SMILES string of the molecule is Br.BrBr.C.CC(=O)Cc1ccc(Cl)cc1.CC(=O)O.Cc1cccn1C(=O)OC(C)(C)C.Clc1ccc(Cc2nc(-c3ccncc3)sc2-c2cnc[nH]2)cc1.Clc1ccc(Cc2nc(-c3ccncc3)sc2Br)cc1.Clc1ccc(Cc2nc(Br)sc2Br)cc1.Nc1nc(Cc2ccc(Cl)cc2)cs1.O=C(CBr)C(Br)c1ccc(Cl)cc1.O=C(CBr)Cc1ccc(Cl)cc1.[Br][Cu][Br]. The average molecular weight is 2770 g/mol. The summed E-state index contributed by atoms with van der Waals surface area (Å²) >= 11 is 79.8. The maximum absolute atomic E-state index is 11.5. The summed E-state index contributed by atoms with van der Waals surface area (Å²) in [6.45, 7) is 10.1. The number of aromatic amines is 1. The van der Waals surface area contributed by atoms with Gasteiger partial charge in [-0.1, -0.05) is 233 Å². The predicted octanol–water partition coefficient (Wildman–Crippen LogP) is 34.3. The number of hydrogen-bond acceptors (Lipinski definition) is 18. The fourth-order valence-corrected chi connectivity index (χ4v) is 18.4. The summed E-state index contributed by atoms with van der Waals surface area (Å²) in [5, 5.41) is 17.8. The number of imidazole rings is 1. The van der Waals surface area contributed by atoms with Crippen LogP contribution in [0.4, 0.5) is 9.93 Å². The van der Waals surface area contributed by atoms with Gasteiger partial charge in [-0.25, -0.2) is 29.7 Å². The summed E-state index contributed by atoms with van der Waals surface area (Å²) < 4.78 is 9.72. The van der Waals surface area contributed by atoms with Crippen molar-refractivity contribution in [2.45, 2.75) is 97.9 Å². The van der Waals surface area contributed by atoms with E-state index in [0.29, 0.717) is 43.7 Å². The number of aryl methyl sites for hydroxylation is 1.